The van der Waals surface area contributed by atoms with E-state index in [9.17, 15) is 12.8 Å². The molecular weight excluding hydrogens is 269 g/mol. The van der Waals surface area contributed by atoms with Gasteiger partial charge in [0, 0.05) is 12.6 Å². The minimum absolute atomic E-state index is 0.0675. The summed E-state index contributed by atoms with van der Waals surface area (Å²) in [5.41, 5.74) is 0.528. The Kier molecular flexibility index (Phi) is 5.90. The summed E-state index contributed by atoms with van der Waals surface area (Å²) in [5, 5.41) is 8.93. The highest BCUT2D eigenvalue weighted by Crippen LogP contribution is 2.11. The largest absolute Gasteiger partial charge is 0.396 e. The van der Waals surface area contributed by atoms with Crippen LogP contribution in [0.15, 0.2) is 24.3 Å². The van der Waals surface area contributed by atoms with Gasteiger partial charge in [-0.15, -0.1) is 0 Å². The molecule has 1 rings (SSSR count). The molecule has 0 aromatic heterocycles. The van der Waals surface area contributed by atoms with Crippen molar-refractivity contribution in [1.82, 2.24) is 4.72 Å². The third-order valence-corrected chi connectivity index (χ3v) is 4.22. The summed E-state index contributed by atoms with van der Waals surface area (Å²) in [6.45, 7) is 3.71. The molecule has 0 spiro atoms. The molecule has 0 aliphatic rings. The third-order valence-electron chi connectivity index (χ3n) is 2.85. The number of rotatable bonds is 7. The van der Waals surface area contributed by atoms with E-state index in [-0.39, 0.29) is 24.3 Å². The molecule has 1 unspecified atom stereocenters. The van der Waals surface area contributed by atoms with E-state index < -0.39 is 15.8 Å². The van der Waals surface area contributed by atoms with E-state index in [4.69, 9.17) is 5.11 Å². The quantitative estimate of drug-likeness (QED) is 0.802. The molecule has 0 amide bonds. The zero-order chi connectivity index (χ0) is 14.5. The summed E-state index contributed by atoms with van der Waals surface area (Å²) in [6, 6.07) is 5.07. The summed E-state index contributed by atoms with van der Waals surface area (Å²) in [6.07, 6.45) is 0.375. The highest BCUT2D eigenvalue weighted by molar-refractivity contribution is 7.88. The van der Waals surface area contributed by atoms with Gasteiger partial charge in [0.1, 0.15) is 5.82 Å². The predicted octanol–water partition coefficient (Wildman–Crippen LogP) is 1.65. The zero-order valence-electron chi connectivity index (χ0n) is 11.1. The second-order valence-corrected chi connectivity index (χ2v) is 6.62. The first-order valence-corrected chi connectivity index (χ1v) is 7.84. The summed E-state index contributed by atoms with van der Waals surface area (Å²) < 4.78 is 39.3. The molecule has 0 aliphatic carbocycles. The van der Waals surface area contributed by atoms with Gasteiger partial charge in [-0.3, -0.25) is 0 Å². The van der Waals surface area contributed by atoms with Gasteiger partial charge in [-0.2, -0.15) is 0 Å². The summed E-state index contributed by atoms with van der Waals surface area (Å²) in [4.78, 5) is 0. The van der Waals surface area contributed by atoms with Crippen LogP contribution in [-0.4, -0.2) is 26.2 Å². The highest BCUT2D eigenvalue weighted by Gasteiger charge is 2.20. The predicted molar refractivity (Wildman–Crippen MR) is 72.5 cm³/mol. The van der Waals surface area contributed by atoms with Crippen LogP contribution in [0.25, 0.3) is 0 Å². The maximum absolute atomic E-state index is 12.7. The van der Waals surface area contributed by atoms with Gasteiger partial charge in [0.25, 0.3) is 0 Å². The maximum Gasteiger partial charge on any atom is 0.216 e. The van der Waals surface area contributed by atoms with Crippen LogP contribution in [0.5, 0.6) is 0 Å². The summed E-state index contributed by atoms with van der Waals surface area (Å²) >= 11 is 0. The van der Waals surface area contributed by atoms with Crippen LogP contribution < -0.4 is 4.72 Å². The second-order valence-electron chi connectivity index (χ2n) is 4.87. The number of hydrogen-bond donors (Lipinski definition) is 2. The molecule has 1 aromatic carbocycles. The molecule has 4 nitrogen and oxygen atoms in total. The summed E-state index contributed by atoms with van der Waals surface area (Å²) in [5.74, 6) is -0.494. The zero-order valence-corrected chi connectivity index (χ0v) is 12.0. The molecule has 0 saturated carbocycles. The minimum atomic E-state index is -3.50. The van der Waals surface area contributed by atoms with Crippen LogP contribution in [-0.2, 0) is 15.8 Å². The fraction of sp³-hybridized carbons (Fsp3) is 0.538. The average molecular weight is 289 g/mol. The molecule has 2 N–H and O–H groups in total. The van der Waals surface area contributed by atoms with Crippen molar-refractivity contribution >= 4 is 10.0 Å². The maximum atomic E-state index is 12.7. The minimum Gasteiger partial charge on any atom is -0.396 e. The monoisotopic (exact) mass is 289 g/mol. The fourth-order valence-corrected chi connectivity index (χ4v) is 3.31. The summed E-state index contributed by atoms with van der Waals surface area (Å²) in [7, 11) is -3.50. The first-order chi connectivity index (χ1) is 8.84. The molecule has 1 atom stereocenters. The molecule has 0 fully saturated rings. The smallest absolute Gasteiger partial charge is 0.216 e. The number of hydrogen-bond acceptors (Lipinski definition) is 3. The van der Waals surface area contributed by atoms with Gasteiger partial charge in [-0.05, 0) is 30.0 Å². The van der Waals surface area contributed by atoms with Gasteiger partial charge >= 0.3 is 0 Å². The fourth-order valence-electron chi connectivity index (χ4n) is 1.74. The number of benzene rings is 1. The number of halogens is 1. The Bertz CT molecular complexity index is 485. The Morgan fingerprint density at radius 1 is 1.26 bits per heavy atom. The third kappa shape index (κ3) is 5.67. The first-order valence-electron chi connectivity index (χ1n) is 6.19. The topological polar surface area (TPSA) is 66.4 Å². The molecule has 0 bridgehead atoms. The van der Waals surface area contributed by atoms with E-state index in [0.29, 0.717) is 12.0 Å². The number of sulfonamides is 1. The van der Waals surface area contributed by atoms with E-state index in [1.807, 2.05) is 13.8 Å². The van der Waals surface area contributed by atoms with Gasteiger partial charge in [0.2, 0.25) is 10.0 Å². The lowest BCUT2D eigenvalue weighted by Crippen LogP contribution is -2.39. The van der Waals surface area contributed by atoms with Crippen molar-refractivity contribution in [3.63, 3.8) is 0 Å². The van der Waals surface area contributed by atoms with Crippen LogP contribution in [0.4, 0.5) is 4.39 Å². The first kappa shape index (κ1) is 16.1. The van der Waals surface area contributed by atoms with Crippen LogP contribution >= 0.6 is 0 Å². The molecular formula is C13H20FNO3S. The van der Waals surface area contributed by atoms with Crippen molar-refractivity contribution in [3.8, 4) is 0 Å². The van der Waals surface area contributed by atoms with E-state index >= 15 is 0 Å². The van der Waals surface area contributed by atoms with Crippen LogP contribution in [0, 0.1) is 11.7 Å². The van der Waals surface area contributed by atoms with Crippen LogP contribution in [0.1, 0.15) is 25.8 Å². The Hall–Kier alpha value is -0.980. The lowest BCUT2D eigenvalue weighted by atomic mass is 10.0. The number of aliphatic hydroxyl groups excluding tert-OH is 1. The van der Waals surface area contributed by atoms with Gasteiger partial charge in [-0.1, -0.05) is 26.0 Å². The number of aliphatic hydroxyl groups is 1. The molecule has 6 heteroatoms. The van der Waals surface area contributed by atoms with Crippen molar-refractivity contribution in [3.05, 3.63) is 35.6 Å². The molecule has 0 radical (unpaired) electrons. The molecule has 108 valence electrons. The van der Waals surface area contributed by atoms with Crippen LogP contribution in [0.2, 0.25) is 0 Å². The standard InChI is InChI=1S/C13H20FNO3S/c1-10(2)13(7-8-16)15-19(17,18)9-11-3-5-12(14)6-4-11/h3-6,10,13,15-16H,7-9H2,1-2H3. The number of nitrogens with one attached hydrogen (secondary N) is 1. The Labute approximate surface area is 113 Å². The molecule has 0 saturated heterocycles. The van der Waals surface area contributed by atoms with Gasteiger partial charge in [-0.25, -0.2) is 17.5 Å². The lowest BCUT2D eigenvalue weighted by Gasteiger charge is -2.21. The molecule has 0 aliphatic heterocycles. The van der Waals surface area contributed by atoms with Crippen LogP contribution in [0.3, 0.4) is 0 Å². The van der Waals surface area contributed by atoms with Gasteiger partial charge in [0.05, 0.1) is 5.75 Å². The normalized spacial score (nSPS) is 13.7. The van der Waals surface area contributed by atoms with Gasteiger partial charge < -0.3 is 5.11 Å². The van der Waals surface area contributed by atoms with Crippen molar-refractivity contribution < 1.29 is 17.9 Å². The highest BCUT2D eigenvalue weighted by atomic mass is 32.2. The Morgan fingerprint density at radius 3 is 2.32 bits per heavy atom. The van der Waals surface area contributed by atoms with Crippen molar-refractivity contribution in [2.45, 2.75) is 32.1 Å². The second kappa shape index (κ2) is 6.98. The van der Waals surface area contributed by atoms with E-state index in [1.54, 1.807) is 0 Å². The van der Waals surface area contributed by atoms with Crippen molar-refractivity contribution in [1.29, 1.82) is 0 Å². The Morgan fingerprint density at radius 2 is 1.84 bits per heavy atom. The molecule has 1 aromatic rings. The van der Waals surface area contributed by atoms with Crippen molar-refractivity contribution in [2.24, 2.45) is 5.92 Å². The molecule has 0 heterocycles. The van der Waals surface area contributed by atoms with E-state index in [0.717, 1.165) is 0 Å². The van der Waals surface area contributed by atoms with Gasteiger partial charge in [0.15, 0.2) is 0 Å². The van der Waals surface area contributed by atoms with E-state index in [2.05, 4.69) is 4.72 Å². The molecule has 19 heavy (non-hydrogen) atoms. The van der Waals surface area contributed by atoms with E-state index in [1.165, 1.54) is 24.3 Å². The van der Waals surface area contributed by atoms with Crippen molar-refractivity contribution in [2.75, 3.05) is 6.61 Å². The SMILES string of the molecule is CC(C)C(CCO)NS(=O)(=O)Cc1ccc(F)cc1. The lowest BCUT2D eigenvalue weighted by molar-refractivity contribution is 0.256. The Balaban J connectivity index is 2.72. The average Bonchev–Trinajstić information content (AvgIpc) is 2.31.